The molecule has 0 bridgehead atoms. The summed E-state index contributed by atoms with van der Waals surface area (Å²) in [5.41, 5.74) is 1.18. The van der Waals surface area contributed by atoms with E-state index in [4.69, 9.17) is 34.3 Å². The number of rotatable bonds is 7. The van der Waals surface area contributed by atoms with Crippen molar-refractivity contribution in [2.75, 3.05) is 25.1 Å². The number of anilines is 1. The Labute approximate surface area is 198 Å². The van der Waals surface area contributed by atoms with Gasteiger partial charge >= 0.3 is 11.9 Å². The summed E-state index contributed by atoms with van der Waals surface area (Å²) in [7, 11) is 1.68. The Hall–Kier alpha value is -3.40. The van der Waals surface area contributed by atoms with E-state index in [-0.39, 0.29) is 6.10 Å². The predicted molar refractivity (Wildman–Crippen MR) is 125 cm³/mol. The van der Waals surface area contributed by atoms with Gasteiger partial charge < -0.3 is 29.9 Å². The van der Waals surface area contributed by atoms with Crippen molar-refractivity contribution < 1.29 is 29.3 Å². The molecule has 2 aliphatic rings. The Kier molecular flexibility index (Phi) is 9.45. The summed E-state index contributed by atoms with van der Waals surface area (Å²) >= 11 is 0. The molecular formula is C24H32N4O6. The number of pyridine rings is 2. The summed E-state index contributed by atoms with van der Waals surface area (Å²) in [6.07, 6.45) is 11.0. The number of methoxy groups -OCH3 is 1. The number of carboxylic acids is 2. The molecule has 2 aromatic rings. The molecule has 1 atom stereocenters. The van der Waals surface area contributed by atoms with E-state index in [1.165, 1.54) is 24.8 Å². The third-order valence-electron chi connectivity index (χ3n) is 5.88. The third kappa shape index (κ3) is 7.31. The molecular weight excluding hydrogens is 440 g/mol. The lowest BCUT2D eigenvalue weighted by Gasteiger charge is -2.36. The Morgan fingerprint density at radius 1 is 1.12 bits per heavy atom. The second-order valence-electron chi connectivity index (χ2n) is 8.30. The molecule has 0 aromatic carbocycles. The average Bonchev–Trinajstić information content (AvgIpc) is 3.37. The number of nitrogens with one attached hydrogen (secondary N) is 1. The van der Waals surface area contributed by atoms with Gasteiger partial charge in [-0.25, -0.2) is 9.59 Å². The highest BCUT2D eigenvalue weighted by molar-refractivity contribution is 6.27. The van der Waals surface area contributed by atoms with Crippen molar-refractivity contribution in [1.82, 2.24) is 15.3 Å². The number of piperidine rings is 1. The molecule has 0 amide bonds. The van der Waals surface area contributed by atoms with E-state index in [1.54, 1.807) is 7.11 Å². The van der Waals surface area contributed by atoms with Crippen molar-refractivity contribution in [1.29, 1.82) is 0 Å². The summed E-state index contributed by atoms with van der Waals surface area (Å²) in [5, 5.41) is 18.3. The van der Waals surface area contributed by atoms with Gasteiger partial charge in [-0.15, -0.1) is 0 Å². The summed E-state index contributed by atoms with van der Waals surface area (Å²) in [6.45, 7) is 2.83. The molecule has 10 heteroatoms. The topological polar surface area (TPSA) is 134 Å². The molecule has 3 heterocycles. The second-order valence-corrected chi connectivity index (χ2v) is 8.30. The Bertz CT molecular complexity index is 918. The molecule has 34 heavy (non-hydrogen) atoms. The Balaban J connectivity index is 0.000000481. The van der Waals surface area contributed by atoms with E-state index in [0.29, 0.717) is 17.7 Å². The van der Waals surface area contributed by atoms with Crippen LogP contribution in [0.1, 0.15) is 44.1 Å². The summed E-state index contributed by atoms with van der Waals surface area (Å²) in [5.74, 6) is -1.39. The van der Waals surface area contributed by atoms with Gasteiger partial charge in [-0.2, -0.15) is 4.98 Å². The number of nitrogens with zero attached hydrogens (tertiary/aromatic N) is 3. The number of carbonyl (C=O) groups is 2. The number of aliphatic carboxylic acids is 2. The maximum atomic E-state index is 9.10. The Morgan fingerprint density at radius 3 is 2.47 bits per heavy atom. The van der Waals surface area contributed by atoms with Crippen molar-refractivity contribution in [3.05, 3.63) is 42.2 Å². The zero-order valence-corrected chi connectivity index (χ0v) is 19.4. The molecule has 2 fully saturated rings. The summed E-state index contributed by atoms with van der Waals surface area (Å²) in [6, 6.07) is 8.54. The van der Waals surface area contributed by atoms with Gasteiger partial charge in [0.1, 0.15) is 11.9 Å². The van der Waals surface area contributed by atoms with Crippen molar-refractivity contribution in [3.8, 4) is 11.6 Å². The third-order valence-corrected chi connectivity index (χ3v) is 5.88. The standard InChI is InChI=1S/C22H30N4O2.C2H2O4/c1-27-20-10-11-21(25-22(20)28-19-8-2-3-9-19)26(18-7-5-13-24-15-18)16-17-6-4-12-23-14-17;3-1(4)2(5)6/h4,6,10-12,14,18-19,24H,2-3,5,7-9,13,15-16H2,1H3;(H,3,4)(H,5,6). The molecule has 0 radical (unpaired) electrons. The van der Waals surface area contributed by atoms with Crippen LogP contribution in [0.5, 0.6) is 11.6 Å². The van der Waals surface area contributed by atoms with Crippen LogP contribution in [-0.2, 0) is 16.1 Å². The van der Waals surface area contributed by atoms with E-state index in [1.807, 2.05) is 30.6 Å². The number of aromatic nitrogens is 2. The fraction of sp³-hybridized carbons (Fsp3) is 0.500. The molecule has 2 aromatic heterocycles. The van der Waals surface area contributed by atoms with Crippen LogP contribution in [0.3, 0.4) is 0 Å². The molecule has 1 saturated heterocycles. The maximum absolute atomic E-state index is 9.10. The predicted octanol–water partition coefficient (Wildman–Crippen LogP) is 2.72. The normalized spacial score (nSPS) is 17.9. The minimum absolute atomic E-state index is 0.250. The molecule has 0 spiro atoms. The van der Waals surface area contributed by atoms with Crippen molar-refractivity contribution in [2.45, 2.75) is 57.2 Å². The zero-order valence-electron chi connectivity index (χ0n) is 19.4. The zero-order chi connectivity index (χ0) is 24.3. The van der Waals surface area contributed by atoms with Gasteiger partial charge in [0.15, 0.2) is 5.75 Å². The molecule has 4 rings (SSSR count). The number of hydrogen-bond donors (Lipinski definition) is 3. The lowest BCUT2D eigenvalue weighted by atomic mass is 10.0. The fourth-order valence-electron chi connectivity index (χ4n) is 4.17. The largest absolute Gasteiger partial charge is 0.491 e. The van der Waals surface area contributed by atoms with E-state index >= 15 is 0 Å². The summed E-state index contributed by atoms with van der Waals surface area (Å²) in [4.78, 5) is 29.8. The smallest absolute Gasteiger partial charge is 0.414 e. The van der Waals surface area contributed by atoms with Crippen LogP contribution < -0.4 is 19.7 Å². The number of ether oxygens (including phenoxy) is 2. The highest BCUT2D eigenvalue weighted by atomic mass is 16.5. The van der Waals surface area contributed by atoms with Crippen LogP contribution in [0, 0.1) is 0 Å². The second kappa shape index (κ2) is 12.7. The monoisotopic (exact) mass is 472 g/mol. The highest BCUT2D eigenvalue weighted by Gasteiger charge is 2.25. The fourth-order valence-corrected chi connectivity index (χ4v) is 4.17. The van der Waals surface area contributed by atoms with Gasteiger partial charge in [0.25, 0.3) is 5.88 Å². The van der Waals surface area contributed by atoms with Gasteiger partial charge in [-0.3, -0.25) is 4.98 Å². The SMILES string of the molecule is COc1ccc(N(Cc2cccnc2)C2CCCNC2)nc1OC1CCCC1.O=C(O)C(=O)O. The van der Waals surface area contributed by atoms with Crippen molar-refractivity contribution in [2.24, 2.45) is 0 Å². The van der Waals surface area contributed by atoms with Gasteiger partial charge in [-0.05, 0) is 68.8 Å². The summed E-state index contributed by atoms with van der Waals surface area (Å²) < 4.78 is 11.8. The molecule has 184 valence electrons. The quantitative estimate of drug-likeness (QED) is 0.516. The first-order valence-electron chi connectivity index (χ1n) is 11.5. The lowest BCUT2D eigenvalue weighted by Crippen LogP contribution is -2.46. The molecule has 1 aliphatic heterocycles. The minimum Gasteiger partial charge on any atom is -0.491 e. The first kappa shape index (κ1) is 25.2. The molecule has 1 unspecified atom stereocenters. The molecule has 10 nitrogen and oxygen atoms in total. The van der Waals surface area contributed by atoms with Crippen LogP contribution in [-0.4, -0.2) is 64.5 Å². The van der Waals surface area contributed by atoms with Gasteiger partial charge in [0, 0.05) is 31.5 Å². The van der Waals surface area contributed by atoms with Gasteiger partial charge in [-0.1, -0.05) is 6.07 Å². The first-order chi connectivity index (χ1) is 16.5. The maximum Gasteiger partial charge on any atom is 0.414 e. The van der Waals surface area contributed by atoms with Crippen LogP contribution in [0.2, 0.25) is 0 Å². The van der Waals surface area contributed by atoms with Crippen LogP contribution in [0.4, 0.5) is 5.82 Å². The van der Waals surface area contributed by atoms with Crippen molar-refractivity contribution in [3.63, 3.8) is 0 Å². The average molecular weight is 473 g/mol. The molecule has 1 aliphatic carbocycles. The van der Waals surface area contributed by atoms with E-state index in [9.17, 15) is 0 Å². The van der Waals surface area contributed by atoms with E-state index in [2.05, 4.69) is 21.3 Å². The Morgan fingerprint density at radius 2 is 1.88 bits per heavy atom. The van der Waals surface area contributed by atoms with Gasteiger partial charge in [0.2, 0.25) is 0 Å². The lowest BCUT2D eigenvalue weighted by molar-refractivity contribution is -0.159. The van der Waals surface area contributed by atoms with Crippen LogP contribution >= 0.6 is 0 Å². The van der Waals surface area contributed by atoms with E-state index in [0.717, 1.165) is 44.7 Å². The number of hydrogen-bond acceptors (Lipinski definition) is 8. The van der Waals surface area contributed by atoms with Gasteiger partial charge in [0.05, 0.1) is 7.11 Å². The first-order valence-corrected chi connectivity index (χ1v) is 11.5. The highest BCUT2D eigenvalue weighted by Crippen LogP contribution is 2.33. The van der Waals surface area contributed by atoms with Crippen LogP contribution in [0.15, 0.2) is 36.7 Å². The molecule has 3 N–H and O–H groups in total. The molecule has 1 saturated carbocycles. The minimum atomic E-state index is -1.82. The number of carboxylic acid groups (broad SMARTS) is 2. The van der Waals surface area contributed by atoms with Crippen molar-refractivity contribution >= 4 is 17.8 Å². The van der Waals surface area contributed by atoms with Crippen LogP contribution in [0.25, 0.3) is 0 Å². The van der Waals surface area contributed by atoms with E-state index < -0.39 is 11.9 Å².